The molecule has 3 heterocycles. The fourth-order valence-electron chi connectivity index (χ4n) is 5.25. The highest BCUT2D eigenvalue weighted by atomic mass is 16.5. The summed E-state index contributed by atoms with van der Waals surface area (Å²) in [5, 5.41) is 11.7. The van der Waals surface area contributed by atoms with Crippen molar-refractivity contribution in [1.82, 2.24) is 19.2 Å². The quantitative estimate of drug-likeness (QED) is 0.224. The molecule has 2 aromatic heterocycles. The number of amides is 1. The lowest BCUT2D eigenvalue weighted by atomic mass is 9.95. The monoisotopic (exact) mass is 536 g/mol. The summed E-state index contributed by atoms with van der Waals surface area (Å²) >= 11 is 0. The van der Waals surface area contributed by atoms with E-state index < -0.39 is 17.7 Å². The van der Waals surface area contributed by atoms with Crippen LogP contribution in [0.15, 0.2) is 42.1 Å². The van der Waals surface area contributed by atoms with E-state index >= 15 is 0 Å². The first-order valence-electron chi connectivity index (χ1n) is 13.1. The van der Waals surface area contributed by atoms with Gasteiger partial charge in [-0.2, -0.15) is 0 Å². The fourth-order valence-corrected chi connectivity index (χ4v) is 5.25. The van der Waals surface area contributed by atoms with E-state index in [1.165, 1.54) is 26.2 Å². The van der Waals surface area contributed by atoms with E-state index in [1.807, 2.05) is 18.2 Å². The van der Waals surface area contributed by atoms with Crippen LogP contribution in [0.1, 0.15) is 43.3 Å². The number of aryl methyl sites for hydroxylation is 1. The number of aliphatic hydroxyl groups is 1. The predicted octanol–water partition coefficient (Wildman–Crippen LogP) is 3.82. The number of hydrogen-bond acceptors (Lipinski definition) is 8. The Morgan fingerprint density at radius 3 is 2.31 bits per heavy atom. The number of benzene rings is 1. The van der Waals surface area contributed by atoms with Crippen molar-refractivity contribution in [1.29, 1.82) is 0 Å². The topological polar surface area (TPSA) is 106 Å². The number of likely N-dealkylation sites (tertiary alicyclic amines) is 1. The van der Waals surface area contributed by atoms with Crippen LogP contribution in [0.3, 0.4) is 0 Å². The summed E-state index contributed by atoms with van der Waals surface area (Å²) in [7, 11) is 4.51. The van der Waals surface area contributed by atoms with E-state index in [2.05, 4.69) is 23.7 Å². The minimum absolute atomic E-state index is 0.00846. The number of ether oxygens (including phenoxy) is 3. The molecule has 10 heteroatoms. The van der Waals surface area contributed by atoms with Gasteiger partial charge in [0.1, 0.15) is 11.3 Å². The summed E-state index contributed by atoms with van der Waals surface area (Å²) < 4.78 is 18.3. The van der Waals surface area contributed by atoms with Gasteiger partial charge in [0.15, 0.2) is 17.3 Å². The lowest BCUT2D eigenvalue weighted by molar-refractivity contribution is -0.140. The van der Waals surface area contributed by atoms with Gasteiger partial charge in [-0.15, -0.1) is 0 Å². The molecule has 0 aliphatic carbocycles. The first kappa shape index (κ1) is 28.0. The Morgan fingerprint density at radius 1 is 1.05 bits per heavy atom. The van der Waals surface area contributed by atoms with Gasteiger partial charge in [-0.3, -0.25) is 14.0 Å². The summed E-state index contributed by atoms with van der Waals surface area (Å²) in [6.45, 7) is 8.80. The predicted molar refractivity (Wildman–Crippen MR) is 147 cm³/mol. The molecule has 1 N–H and O–H groups in total. The van der Waals surface area contributed by atoms with Gasteiger partial charge in [0.25, 0.3) is 11.7 Å². The number of aliphatic hydroxyl groups excluding tert-OH is 1. The number of aromatic nitrogens is 2. The molecule has 3 aromatic rings. The third kappa shape index (κ3) is 5.04. The summed E-state index contributed by atoms with van der Waals surface area (Å²) in [4.78, 5) is 35.4. The average molecular weight is 537 g/mol. The van der Waals surface area contributed by atoms with Crippen molar-refractivity contribution in [2.45, 2.75) is 33.2 Å². The van der Waals surface area contributed by atoms with Crippen LogP contribution in [-0.2, 0) is 9.59 Å². The van der Waals surface area contributed by atoms with Crippen LogP contribution >= 0.6 is 0 Å². The maximum atomic E-state index is 13.6. The van der Waals surface area contributed by atoms with Gasteiger partial charge in [-0.25, -0.2) is 4.98 Å². The maximum Gasteiger partial charge on any atom is 0.295 e. The number of pyridine rings is 1. The second kappa shape index (κ2) is 11.8. The summed E-state index contributed by atoms with van der Waals surface area (Å²) in [5.74, 6) is -0.548. The highest BCUT2D eigenvalue weighted by Crippen LogP contribution is 2.46. The molecule has 0 bridgehead atoms. The van der Waals surface area contributed by atoms with E-state index in [4.69, 9.17) is 14.2 Å². The van der Waals surface area contributed by atoms with Crippen molar-refractivity contribution in [2.75, 3.05) is 47.5 Å². The van der Waals surface area contributed by atoms with Crippen molar-refractivity contribution in [3.63, 3.8) is 0 Å². The Labute approximate surface area is 228 Å². The highest BCUT2D eigenvalue weighted by molar-refractivity contribution is 6.46. The SMILES string of the molecule is CCN(CC)CCCN1C(=O)C(=O)C(=C(O)c2c(C)nc3ccccn23)[C@H]1c1cc(OC)c(OC)c(OC)c1. The van der Waals surface area contributed by atoms with Crippen molar-refractivity contribution in [3.8, 4) is 17.2 Å². The molecule has 1 amide bonds. The molecule has 1 fully saturated rings. The second-order valence-corrected chi connectivity index (χ2v) is 9.31. The summed E-state index contributed by atoms with van der Waals surface area (Å²) in [5.41, 5.74) is 2.07. The smallest absolute Gasteiger partial charge is 0.295 e. The number of nitrogens with zero attached hydrogens (tertiary/aromatic N) is 4. The van der Waals surface area contributed by atoms with Gasteiger partial charge >= 0.3 is 0 Å². The average Bonchev–Trinajstić information content (AvgIpc) is 3.42. The Hall–Kier alpha value is -4.05. The molecule has 1 aliphatic heterocycles. The molecule has 1 atom stereocenters. The minimum Gasteiger partial charge on any atom is -0.505 e. The van der Waals surface area contributed by atoms with E-state index in [9.17, 15) is 14.7 Å². The second-order valence-electron chi connectivity index (χ2n) is 9.31. The molecule has 0 saturated carbocycles. The molecule has 10 nitrogen and oxygen atoms in total. The number of imidazole rings is 1. The van der Waals surface area contributed by atoms with E-state index in [-0.39, 0.29) is 11.3 Å². The molecular weight excluding hydrogens is 500 g/mol. The van der Waals surface area contributed by atoms with E-state index in [1.54, 1.807) is 29.7 Å². The fraction of sp³-hybridized carbons (Fsp3) is 0.414. The first-order chi connectivity index (χ1) is 18.8. The number of rotatable bonds is 11. The Balaban J connectivity index is 1.91. The standard InChI is InChI=1S/C29H36N4O6/c1-7-31(8-2)13-11-15-33-25(19-16-20(37-4)28(39-6)21(17-19)38-5)23(27(35)29(33)36)26(34)24-18(3)30-22-12-9-10-14-32(22)24/h9-10,12,14,16-17,25,34H,7-8,11,13,15H2,1-6H3/t25-/m1/s1. The number of carbonyl (C=O) groups excluding carboxylic acids is 2. The molecule has 0 unspecified atom stereocenters. The number of fused-ring (bicyclic) bond motifs is 1. The summed E-state index contributed by atoms with van der Waals surface area (Å²) in [6.07, 6.45) is 2.42. The van der Waals surface area contributed by atoms with Crippen LogP contribution in [0.2, 0.25) is 0 Å². The number of Topliss-reactive ketones (excluding diaryl/α,β-unsaturated/α-hetero) is 1. The van der Waals surface area contributed by atoms with Crippen molar-refractivity contribution in [3.05, 3.63) is 59.1 Å². The van der Waals surface area contributed by atoms with Crippen molar-refractivity contribution >= 4 is 23.1 Å². The molecule has 39 heavy (non-hydrogen) atoms. The van der Waals surface area contributed by atoms with Crippen LogP contribution in [0, 0.1) is 6.92 Å². The maximum absolute atomic E-state index is 13.6. The molecular formula is C29H36N4O6. The third-order valence-corrected chi connectivity index (χ3v) is 7.24. The molecule has 208 valence electrons. The molecule has 4 rings (SSSR count). The Morgan fingerprint density at radius 2 is 1.72 bits per heavy atom. The third-order valence-electron chi connectivity index (χ3n) is 7.24. The summed E-state index contributed by atoms with van der Waals surface area (Å²) in [6, 6.07) is 8.02. The van der Waals surface area contributed by atoms with Gasteiger partial charge in [-0.1, -0.05) is 19.9 Å². The van der Waals surface area contributed by atoms with Crippen LogP contribution < -0.4 is 14.2 Å². The van der Waals surface area contributed by atoms with E-state index in [0.717, 1.165) is 19.6 Å². The van der Waals surface area contributed by atoms with Crippen molar-refractivity contribution < 1.29 is 28.9 Å². The zero-order valence-corrected chi connectivity index (χ0v) is 23.4. The number of methoxy groups -OCH3 is 3. The van der Waals surface area contributed by atoms with Gasteiger partial charge in [0.2, 0.25) is 5.75 Å². The highest BCUT2D eigenvalue weighted by Gasteiger charge is 2.47. The number of ketones is 1. The zero-order chi connectivity index (χ0) is 28.3. The normalized spacial score (nSPS) is 16.9. The van der Waals surface area contributed by atoms with Gasteiger partial charge < -0.3 is 29.1 Å². The molecule has 1 aliphatic rings. The molecule has 1 saturated heterocycles. The Kier molecular flexibility index (Phi) is 8.44. The van der Waals surface area contributed by atoms with Gasteiger partial charge in [-0.05, 0) is 62.8 Å². The van der Waals surface area contributed by atoms with E-state index in [0.29, 0.717) is 52.8 Å². The van der Waals surface area contributed by atoms with Crippen LogP contribution in [-0.4, -0.2) is 83.5 Å². The largest absolute Gasteiger partial charge is 0.505 e. The van der Waals surface area contributed by atoms with Gasteiger partial charge in [0, 0.05) is 12.7 Å². The van der Waals surface area contributed by atoms with Crippen LogP contribution in [0.5, 0.6) is 17.2 Å². The molecule has 1 aromatic carbocycles. The van der Waals surface area contributed by atoms with Crippen LogP contribution in [0.25, 0.3) is 11.4 Å². The lowest BCUT2D eigenvalue weighted by Crippen LogP contribution is -2.33. The number of carbonyl (C=O) groups is 2. The molecule has 0 radical (unpaired) electrons. The van der Waals surface area contributed by atoms with Crippen molar-refractivity contribution in [2.24, 2.45) is 0 Å². The van der Waals surface area contributed by atoms with Gasteiger partial charge in [0.05, 0.1) is 38.6 Å². The number of hydrogen-bond donors (Lipinski definition) is 1. The molecule has 0 spiro atoms. The lowest BCUT2D eigenvalue weighted by Gasteiger charge is -2.27. The zero-order valence-electron chi connectivity index (χ0n) is 23.4. The minimum atomic E-state index is -0.871. The Bertz CT molecular complexity index is 1380. The van der Waals surface area contributed by atoms with Crippen LogP contribution in [0.4, 0.5) is 0 Å². The first-order valence-corrected chi connectivity index (χ1v) is 13.1.